The van der Waals surface area contributed by atoms with Gasteiger partial charge in [0.05, 0.1) is 0 Å². The van der Waals surface area contributed by atoms with Gasteiger partial charge < -0.3 is 5.32 Å². The Labute approximate surface area is 114 Å². The summed E-state index contributed by atoms with van der Waals surface area (Å²) in [6.45, 7) is 0. The standard InChI is InChI=1S/C13H15BrN2S/c1-15-13(6-10-4-5-17-9-10)7-12-3-2-11(14)8-16-12/h2-5,8-9,13,15H,6-7H2,1H3. The monoisotopic (exact) mass is 310 g/mol. The molecule has 2 heterocycles. The first kappa shape index (κ1) is 12.7. The minimum atomic E-state index is 0.443. The number of likely N-dealkylation sites (N-methyl/N-ethyl adjacent to an activating group) is 1. The summed E-state index contributed by atoms with van der Waals surface area (Å²) in [4.78, 5) is 4.41. The van der Waals surface area contributed by atoms with Crippen molar-refractivity contribution in [1.29, 1.82) is 0 Å². The van der Waals surface area contributed by atoms with E-state index in [2.05, 4.69) is 49.1 Å². The molecular weight excluding hydrogens is 296 g/mol. The van der Waals surface area contributed by atoms with Crippen molar-refractivity contribution in [3.8, 4) is 0 Å². The minimum Gasteiger partial charge on any atom is -0.316 e. The van der Waals surface area contributed by atoms with Crippen LogP contribution in [0.5, 0.6) is 0 Å². The first-order valence-electron chi connectivity index (χ1n) is 5.56. The predicted molar refractivity (Wildman–Crippen MR) is 76.5 cm³/mol. The van der Waals surface area contributed by atoms with Gasteiger partial charge in [0.15, 0.2) is 0 Å². The highest BCUT2D eigenvalue weighted by atomic mass is 79.9. The molecule has 0 aliphatic rings. The maximum Gasteiger partial charge on any atom is 0.0420 e. The molecule has 0 fully saturated rings. The average Bonchev–Trinajstić information content (AvgIpc) is 2.84. The second kappa shape index (κ2) is 6.28. The number of halogens is 1. The predicted octanol–water partition coefficient (Wildman–Crippen LogP) is 3.28. The summed E-state index contributed by atoms with van der Waals surface area (Å²) in [7, 11) is 2.01. The quantitative estimate of drug-likeness (QED) is 0.916. The second-order valence-corrected chi connectivity index (χ2v) is 5.69. The third-order valence-corrected chi connectivity index (χ3v) is 3.92. The Balaban J connectivity index is 1.97. The van der Waals surface area contributed by atoms with E-state index < -0.39 is 0 Å². The van der Waals surface area contributed by atoms with E-state index in [0.717, 1.165) is 23.0 Å². The molecule has 1 atom stereocenters. The Hall–Kier alpha value is -0.710. The van der Waals surface area contributed by atoms with E-state index in [-0.39, 0.29) is 0 Å². The highest BCUT2D eigenvalue weighted by Crippen LogP contribution is 2.12. The third kappa shape index (κ3) is 3.91. The van der Waals surface area contributed by atoms with Crippen molar-refractivity contribution in [2.45, 2.75) is 18.9 Å². The molecule has 4 heteroatoms. The maximum atomic E-state index is 4.41. The van der Waals surface area contributed by atoms with Crippen LogP contribution in [-0.2, 0) is 12.8 Å². The van der Waals surface area contributed by atoms with Gasteiger partial charge in [-0.05, 0) is 63.9 Å². The lowest BCUT2D eigenvalue weighted by Crippen LogP contribution is -2.30. The largest absolute Gasteiger partial charge is 0.316 e. The fourth-order valence-electron chi connectivity index (χ4n) is 1.75. The van der Waals surface area contributed by atoms with Crippen molar-refractivity contribution in [2.24, 2.45) is 0 Å². The molecule has 2 aromatic heterocycles. The van der Waals surface area contributed by atoms with Crippen LogP contribution < -0.4 is 5.32 Å². The first-order chi connectivity index (χ1) is 8.28. The summed E-state index contributed by atoms with van der Waals surface area (Å²) in [5.74, 6) is 0. The van der Waals surface area contributed by atoms with Crippen molar-refractivity contribution in [3.05, 3.63) is 50.9 Å². The van der Waals surface area contributed by atoms with Gasteiger partial charge in [-0.2, -0.15) is 11.3 Å². The van der Waals surface area contributed by atoms with E-state index in [1.54, 1.807) is 11.3 Å². The number of nitrogens with zero attached hydrogens (tertiary/aromatic N) is 1. The summed E-state index contributed by atoms with van der Waals surface area (Å²) in [6, 6.07) is 6.74. The fourth-order valence-corrected chi connectivity index (χ4v) is 2.67. The van der Waals surface area contributed by atoms with Crippen molar-refractivity contribution in [1.82, 2.24) is 10.3 Å². The Morgan fingerprint density at radius 2 is 2.24 bits per heavy atom. The lowest BCUT2D eigenvalue weighted by Gasteiger charge is -2.14. The van der Waals surface area contributed by atoms with Crippen LogP contribution in [0.25, 0.3) is 0 Å². The zero-order valence-corrected chi connectivity index (χ0v) is 12.1. The maximum absolute atomic E-state index is 4.41. The van der Waals surface area contributed by atoms with E-state index in [4.69, 9.17) is 0 Å². The molecule has 90 valence electrons. The van der Waals surface area contributed by atoms with E-state index in [0.29, 0.717) is 6.04 Å². The van der Waals surface area contributed by atoms with Crippen LogP contribution in [0, 0.1) is 0 Å². The molecule has 0 radical (unpaired) electrons. The van der Waals surface area contributed by atoms with Gasteiger partial charge in [0.1, 0.15) is 0 Å². The van der Waals surface area contributed by atoms with Gasteiger partial charge in [-0.15, -0.1) is 0 Å². The van der Waals surface area contributed by atoms with Crippen LogP contribution in [0.2, 0.25) is 0 Å². The molecule has 0 aromatic carbocycles. The Morgan fingerprint density at radius 3 is 2.82 bits per heavy atom. The molecular formula is C13H15BrN2S. The van der Waals surface area contributed by atoms with E-state index >= 15 is 0 Å². The zero-order chi connectivity index (χ0) is 12.1. The van der Waals surface area contributed by atoms with Gasteiger partial charge in [-0.1, -0.05) is 0 Å². The van der Waals surface area contributed by atoms with Crippen LogP contribution in [0.15, 0.2) is 39.6 Å². The average molecular weight is 311 g/mol. The van der Waals surface area contributed by atoms with Gasteiger partial charge in [0.2, 0.25) is 0 Å². The Bertz CT molecular complexity index is 439. The van der Waals surface area contributed by atoms with Crippen molar-refractivity contribution < 1.29 is 0 Å². The Kier molecular flexibility index (Phi) is 4.71. The molecule has 2 nitrogen and oxygen atoms in total. The molecule has 0 bridgehead atoms. The lowest BCUT2D eigenvalue weighted by molar-refractivity contribution is 0.551. The smallest absolute Gasteiger partial charge is 0.0420 e. The van der Waals surface area contributed by atoms with Crippen LogP contribution >= 0.6 is 27.3 Å². The van der Waals surface area contributed by atoms with E-state index in [9.17, 15) is 0 Å². The number of hydrogen-bond acceptors (Lipinski definition) is 3. The number of thiophene rings is 1. The van der Waals surface area contributed by atoms with Crippen LogP contribution in [0.4, 0.5) is 0 Å². The molecule has 0 saturated heterocycles. The molecule has 0 spiro atoms. The molecule has 0 aliphatic heterocycles. The van der Waals surface area contributed by atoms with Gasteiger partial charge in [-0.3, -0.25) is 4.98 Å². The first-order valence-corrected chi connectivity index (χ1v) is 7.30. The number of rotatable bonds is 5. The van der Waals surface area contributed by atoms with E-state index in [1.165, 1.54) is 5.56 Å². The summed E-state index contributed by atoms with van der Waals surface area (Å²) < 4.78 is 1.03. The van der Waals surface area contributed by atoms with Crippen LogP contribution in [-0.4, -0.2) is 18.1 Å². The topological polar surface area (TPSA) is 24.9 Å². The number of pyridine rings is 1. The summed E-state index contributed by atoms with van der Waals surface area (Å²) >= 11 is 5.15. The molecule has 2 aromatic rings. The lowest BCUT2D eigenvalue weighted by atomic mass is 10.0. The summed E-state index contributed by atoms with van der Waals surface area (Å²) in [6.07, 6.45) is 3.87. The minimum absolute atomic E-state index is 0.443. The SMILES string of the molecule is CNC(Cc1ccsc1)Cc1ccc(Br)cn1. The van der Waals surface area contributed by atoms with Crippen LogP contribution in [0.1, 0.15) is 11.3 Å². The molecule has 0 aliphatic carbocycles. The normalized spacial score (nSPS) is 12.6. The summed E-state index contributed by atoms with van der Waals surface area (Å²) in [5, 5.41) is 7.69. The van der Waals surface area contributed by atoms with Gasteiger partial charge in [-0.25, -0.2) is 0 Å². The van der Waals surface area contributed by atoms with Crippen molar-refractivity contribution >= 4 is 27.3 Å². The highest BCUT2D eigenvalue weighted by molar-refractivity contribution is 9.10. The molecule has 2 rings (SSSR count). The number of nitrogens with one attached hydrogen (secondary N) is 1. The van der Waals surface area contributed by atoms with E-state index in [1.807, 2.05) is 19.3 Å². The molecule has 17 heavy (non-hydrogen) atoms. The van der Waals surface area contributed by atoms with Crippen molar-refractivity contribution in [2.75, 3.05) is 7.05 Å². The van der Waals surface area contributed by atoms with Gasteiger partial charge in [0.25, 0.3) is 0 Å². The summed E-state index contributed by atoms with van der Waals surface area (Å²) in [5.41, 5.74) is 2.52. The fraction of sp³-hybridized carbons (Fsp3) is 0.308. The van der Waals surface area contributed by atoms with Gasteiger partial charge in [0, 0.05) is 28.8 Å². The van der Waals surface area contributed by atoms with Crippen LogP contribution in [0.3, 0.4) is 0 Å². The molecule has 1 unspecified atom stereocenters. The Morgan fingerprint density at radius 1 is 1.35 bits per heavy atom. The van der Waals surface area contributed by atoms with Crippen molar-refractivity contribution in [3.63, 3.8) is 0 Å². The van der Waals surface area contributed by atoms with Gasteiger partial charge >= 0.3 is 0 Å². The highest BCUT2D eigenvalue weighted by Gasteiger charge is 2.09. The zero-order valence-electron chi connectivity index (χ0n) is 9.69. The second-order valence-electron chi connectivity index (χ2n) is 3.99. The number of aromatic nitrogens is 1. The molecule has 1 N–H and O–H groups in total. The third-order valence-electron chi connectivity index (χ3n) is 2.71. The molecule has 0 saturated carbocycles. The number of hydrogen-bond donors (Lipinski definition) is 1. The molecule has 0 amide bonds.